The fraction of sp³-hybridized carbons (Fsp3) is 1.00. The van der Waals surface area contributed by atoms with Crippen LogP contribution in [0.1, 0.15) is 46.5 Å². The van der Waals surface area contributed by atoms with E-state index in [2.05, 4.69) is 31.0 Å². The average Bonchev–Trinajstić information content (AvgIpc) is 2.35. The lowest BCUT2D eigenvalue weighted by atomic mass is 9.85. The minimum Gasteiger partial charge on any atom is -0.381 e. The predicted octanol–water partition coefficient (Wildman–Crippen LogP) is 2.26. The van der Waals surface area contributed by atoms with Crippen LogP contribution in [0, 0.1) is 5.92 Å². The molecular weight excluding hydrogens is 224 g/mol. The van der Waals surface area contributed by atoms with Crippen molar-refractivity contribution in [1.29, 1.82) is 0 Å². The highest BCUT2D eigenvalue weighted by Crippen LogP contribution is 2.29. The Bertz CT molecular complexity index is 259. The van der Waals surface area contributed by atoms with Crippen molar-refractivity contribution in [2.75, 3.05) is 26.7 Å². The Labute approximate surface area is 112 Å². The van der Waals surface area contributed by atoms with E-state index in [9.17, 15) is 0 Å². The molecule has 0 unspecified atom stereocenters. The summed E-state index contributed by atoms with van der Waals surface area (Å²) in [5.74, 6) is 0.876. The second-order valence-corrected chi connectivity index (χ2v) is 6.88. The van der Waals surface area contributed by atoms with Crippen LogP contribution in [0.2, 0.25) is 0 Å². The van der Waals surface area contributed by atoms with Crippen molar-refractivity contribution in [3.05, 3.63) is 0 Å². The Morgan fingerprint density at radius 2 is 1.89 bits per heavy atom. The molecule has 106 valence electrons. The molecule has 18 heavy (non-hydrogen) atoms. The minimum absolute atomic E-state index is 0.310. The highest BCUT2D eigenvalue weighted by Gasteiger charge is 2.34. The summed E-state index contributed by atoms with van der Waals surface area (Å²) in [4.78, 5) is 2.70. The van der Waals surface area contributed by atoms with Gasteiger partial charge in [-0.3, -0.25) is 4.90 Å². The summed E-state index contributed by atoms with van der Waals surface area (Å²) in [6.07, 6.45) is 5.71. The molecular formula is C15H30N2O. The summed E-state index contributed by atoms with van der Waals surface area (Å²) in [6.45, 7) is 10.6. The topological polar surface area (TPSA) is 24.5 Å². The molecule has 3 nitrogen and oxygen atoms in total. The number of methoxy groups -OCH3 is 1. The summed E-state index contributed by atoms with van der Waals surface area (Å²) in [6, 6.07) is 0.633. The normalized spacial score (nSPS) is 37.7. The van der Waals surface area contributed by atoms with Gasteiger partial charge < -0.3 is 10.1 Å². The third-order valence-electron chi connectivity index (χ3n) is 4.84. The molecule has 0 radical (unpaired) electrons. The monoisotopic (exact) mass is 254 g/mol. The highest BCUT2D eigenvalue weighted by atomic mass is 16.5. The van der Waals surface area contributed by atoms with Gasteiger partial charge in [0.2, 0.25) is 0 Å². The van der Waals surface area contributed by atoms with Crippen molar-refractivity contribution in [3.63, 3.8) is 0 Å². The minimum atomic E-state index is 0.310. The Balaban J connectivity index is 1.84. The van der Waals surface area contributed by atoms with Gasteiger partial charge in [-0.05, 0) is 52.4 Å². The zero-order chi connectivity index (χ0) is 13.2. The molecule has 1 atom stereocenters. The van der Waals surface area contributed by atoms with Gasteiger partial charge in [0.05, 0.1) is 6.10 Å². The number of ether oxygens (including phenoxy) is 1. The number of hydrogen-bond donors (Lipinski definition) is 1. The first-order chi connectivity index (χ1) is 8.51. The molecule has 0 spiro atoms. The van der Waals surface area contributed by atoms with Gasteiger partial charge in [0.15, 0.2) is 0 Å². The average molecular weight is 254 g/mol. The molecule has 1 aliphatic heterocycles. The van der Waals surface area contributed by atoms with Gasteiger partial charge in [0.1, 0.15) is 0 Å². The number of rotatable bonds is 3. The molecule has 2 rings (SSSR count). The summed E-state index contributed by atoms with van der Waals surface area (Å²) in [7, 11) is 1.85. The zero-order valence-electron chi connectivity index (χ0n) is 12.5. The zero-order valence-corrected chi connectivity index (χ0v) is 12.5. The lowest BCUT2D eigenvalue weighted by Crippen LogP contribution is -2.62. The van der Waals surface area contributed by atoms with E-state index in [4.69, 9.17) is 4.74 Å². The first-order valence-electron chi connectivity index (χ1n) is 7.52. The molecule has 2 fully saturated rings. The van der Waals surface area contributed by atoms with Gasteiger partial charge in [-0.1, -0.05) is 0 Å². The quantitative estimate of drug-likeness (QED) is 0.836. The molecule has 1 saturated heterocycles. The van der Waals surface area contributed by atoms with Crippen LogP contribution in [0.25, 0.3) is 0 Å². The molecule has 0 aromatic carbocycles. The van der Waals surface area contributed by atoms with E-state index >= 15 is 0 Å². The van der Waals surface area contributed by atoms with E-state index < -0.39 is 0 Å². The van der Waals surface area contributed by atoms with Crippen LogP contribution in [0.3, 0.4) is 0 Å². The summed E-state index contributed by atoms with van der Waals surface area (Å²) >= 11 is 0. The molecule has 1 aliphatic carbocycles. The molecule has 0 bridgehead atoms. The maximum absolute atomic E-state index is 5.46. The van der Waals surface area contributed by atoms with Gasteiger partial charge in [-0.2, -0.15) is 0 Å². The van der Waals surface area contributed by atoms with Crippen LogP contribution in [0.5, 0.6) is 0 Å². The Kier molecular flexibility index (Phi) is 4.68. The van der Waals surface area contributed by atoms with Gasteiger partial charge >= 0.3 is 0 Å². The second-order valence-electron chi connectivity index (χ2n) is 6.88. The van der Waals surface area contributed by atoms with E-state index in [1.165, 1.54) is 38.8 Å². The van der Waals surface area contributed by atoms with Crippen LogP contribution in [-0.4, -0.2) is 49.3 Å². The number of nitrogens with one attached hydrogen (secondary N) is 1. The van der Waals surface area contributed by atoms with Gasteiger partial charge in [-0.15, -0.1) is 0 Å². The lowest BCUT2D eigenvalue weighted by Gasteiger charge is -2.47. The lowest BCUT2D eigenvalue weighted by molar-refractivity contribution is 0.0209. The summed E-state index contributed by atoms with van der Waals surface area (Å²) < 4.78 is 5.46. The molecule has 0 aromatic heterocycles. The largest absolute Gasteiger partial charge is 0.381 e. The first-order valence-corrected chi connectivity index (χ1v) is 7.52. The summed E-state index contributed by atoms with van der Waals surface area (Å²) in [5, 5.41) is 3.59. The van der Waals surface area contributed by atoms with Crippen LogP contribution in [-0.2, 0) is 4.74 Å². The Morgan fingerprint density at radius 3 is 2.50 bits per heavy atom. The van der Waals surface area contributed by atoms with Crippen molar-refractivity contribution < 1.29 is 4.74 Å². The van der Waals surface area contributed by atoms with Crippen LogP contribution in [0.15, 0.2) is 0 Å². The number of nitrogens with zero attached hydrogens (tertiary/aromatic N) is 1. The van der Waals surface area contributed by atoms with Gasteiger partial charge in [0, 0.05) is 38.3 Å². The maximum atomic E-state index is 5.46. The molecule has 0 aromatic rings. The smallest absolute Gasteiger partial charge is 0.0571 e. The maximum Gasteiger partial charge on any atom is 0.0571 e. The highest BCUT2D eigenvalue weighted by molar-refractivity contribution is 4.92. The Hall–Kier alpha value is -0.120. The number of piperazine rings is 1. The van der Waals surface area contributed by atoms with Crippen LogP contribution in [0.4, 0.5) is 0 Å². The van der Waals surface area contributed by atoms with Crippen LogP contribution >= 0.6 is 0 Å². The fourth-order valence-corrected chi connectivity index (χ4v) is 3.36. The molecule has 3 heteroatoms. The molecule has 1 heterocycles. The SMILES string of the molecule is COC1CCC(CN2C[C@@H](C)NCC2(C)C)CC1. The van der Waals surface area contributed by atoms with Crippen molar-refractivity contribution in [1.82, 2.24) is 10.2 Å². The van der Waals surface area contributed by atoms with Crippen LogP contribution < -0.4 is 5.32 Å². The van der Waals surface area contributed by atoms with E-state index in [1.54, 1.807) is 0 Å². The third kappa shape index (κ3) is 3.46. The van der Waals surface area contributed by atoms with Crippen molar-refractivity contribution >= 4 is 0 Å². The third-order valence-corrected chi connectivity index (χ3v) is 4.84. The number of hydrogen-bond acceptors (Lipinski definition) is 3. The molecule has 2 aliphatic rings. The molecule has 1 saturated carbocycles. The van der Waals surface area contributed by atoms with E-state index in [0.29, 0.717) is 17.7 Å². The van der Waals surface area contributed by atoms with E-state index in [0.717, 1.165) is 12.5 Å². The van der Waals surface area contributed by atoms with Gasteiger partial charge in [-0.25, -0.2) is 0 Å². The Morgan fingerprint density at radius 1 is 1.22 bits per heavy atom. The van der Waals surface area contributed by atoms with Crippen molar-refractivity contribution in [2.45, 2.75) is 64.1 Å². The van der Waals surface area contributed by atoms with E-state index in [-0.39, 0.29) is 0 Å². The first kappa shape index (κ1) is 14.3. The summed E-state index contributed by atoms with van der Waals surface area (Å²) in [5.41, 5.74) is 0.310. The fourth-order valence-electron chi connectivity index (χ4n) is 3.36. The van der Waals surface area contributed by atoms with E-state index in [1.807, 2.05) is 7.11 Å². The predicted molar refractivity (Wildman–Crippen MR) is 75.9 cm³/mol. The van der Waals surface area contributed by atoms with Crippen molar-refractivity contribution in [3.8, 4) is 0 Å². The molecule has 1 N–H and O–H groups in total. The second kappa shape index (κ2) is 5.89. The van der Waals surface area contributed by atoms with Gasteiger partial charge in [0.25, 0.3) is 0 Å². The molecule has 0 amide bonds. The standard InChI is InChI=1S/C15H30N2O/c1-12-9-17(15(2,3)11-16-12)10-13-5-7-14(18-4)8-6-13/h12-14,16H,5-11H2,1-4H3/t12-,13?,14?/m1/s1. The van der Waals surface area contributed by atoms with Crippen molar-refractivity contribution in [2.24, 2.45) is 5.92 Å².